The van der Waals surface area contributed by atoms with Gasteiger partial charge in [-0.3, -0.25) is 0 Å². The Morgan fingerprint density at radius 3 is 1.49 bits per heavy atom. The van der Waals surface area contributed by atoms with E-state index in [0.29, 0.717) is 17.5 Å². The first-order valence-electron chi connectivity index (χ1n) is 18.1. The average molecular weight is 682 g/mol. The highest BCUT2D eigenvalue weighted by molar-refractivity contribution is 6.09. The molecule has 8 aromatic rings. The van der Waals surface area contributed by atoms with Gasteiger partial charge in [-0.25, -0.2) is 15.0 Å². The Balaban J connectivity index is 1.26. The summed E-state index contributed by atoms with van der Waals surface area (Å²) >= 11 is 0. The van der Waals surface area contributed by atoms with Crippen molar-refractivity contribution in [2.75, 3.05) is 9.80 Å². The zero-order chi connectivity index (χ0) is 35.5. The van der Waals surface area contributed by atoms with Crippen LogP contribution in [0.4, 0.5) is 34.1 Å². The SMILES string of the molecule is CC1(C)c2ccccc2-c2c1ccc1c2N(c2ccccc2)c2cc(-c3nc(-c4ccccc4)nc(-c4ccccc4)n3)ccc2N1c1ccccc1. The van der Waals surface area contributed by atoms with Crippen molar-refractivity contribution in [3.8, 4) is 45.3 Å². The second-order valence-corrected chi connectivity index (χ2v) is 14.1. The van der Waals surface area contributed by atoms with Gasteiger partial charge < -0.3 is 9.80 Å². The molecule has 0 amide bonds. The molecule has 252 valence electrons. The summed E-state index contributed by atoms with van der Waals surface area (Å²) in [5, 5.41) is 0. The highest BCUT2D eigenvalue weighted by Crippen LogP contribution is 2.62. The maximum absolute atomic E-state index is 5.12. The number of benzene rings is 7. The fourth-order valence-corrected chi connectivity index (χ4v) is 8.09. The minimum atomic E-state index is -0.157. The molecule has 0 saturated heterocycles. The number of rotatable bonds is 5. The Kier molecular flexibility index (Phi) is 7.08. The average Bonchev–Trinajstić information content (AvgIpc) is 3.46. The summed E-state index contributed by atoms with van der Waals surface area (Å²) in [4.78, 5) is 20.1. The number of para-hydroxylation sites is 2. The lowest BCUT2D eigenvalue weighted by Crippen LogP contribution is -2.25. The quantitative estimate of drug-likeness (QED) is 0.181. The molecule has 1 aliphatic heterocycles. The van der Waals surface area contributed by atoms with Gasteiger partial charge >= 0.3 is 0 Å². The van der Waals surface area contributed by atoms with Crippen LogP contribution < -0.4 is 9.80 Å². The van der Waals surface area contributed by atoms with E-state index >= 15 is 0 Å². The third kappa shape index (κ3) is 4.96. The van der Waals surface area contributed by atoms with Gasteiger partial charge in [0, 0.05) is 39.0 Å². The molecular weight excluding hydrogens is 647 g/mol. The van der Waals surface area contributed by atoms with E-state index in [4.69, 9.17) is 15.0 Å². The number of nitrogens with zero attached hydrogens (tertiary/aromatic N) is 5. The second-order valence-electron chi connectivity index (χ2n) is 14.1. The fourth-order valence-electron chi connectivity index (χ4n) is 8.09. The summed E-state index contributed by atoms with van der Waals surface area (Å²) in [6.07, 6.45) is 0. The monoisotopic (exact) mass is 681 g/mol. The van der Waals surface area contributed by atoms with Gasteiger partial charge in [0.25, 0.3) is 0 Å². The van der Waals surface area contributed by atoms with Crippen molar-refractivity contribution >= 4 is 34.1 Å². The Labute approximate surface area is 309 Å². The topological polar surface area (TPSA) is 45.2 Å². The van der Waals surface area contributed by atoms with Crippen molar-refractivity contribution in [3.05, 3.63) is 187 Å². The molecule has 0 radical (unpaired) electrons. The van der Waals surface area contributed by atoms with Crippen LogP contribution in [0.15, 0.2) is 176 Å². The third-order valence-electron chi connectivity index (χ3n) is 10.6. The predicted octanol–water partition coefficient (Wildman–Crippen LogP) is 12.4. The number of hydrogen-bond donors (Lipinski definition) is 0. The normalized spacial score (nSPS) is 13.5. The van der Waals surface area contributed by atoms with E-state index in [1.54, 1.807) is 0 Å². The number of aromatic nitrogens is 3. The van der Waals surface area contributed by atoms with Crippen LogP contribution in [0.25, 0.3) is 45.3 Å². The van der Waals surface area contributed by atoms with Crippen LogP contribution in [-0.2, 0) is 5.41 Å². The summed E-state index contributed by atoms with van der Waals surface area (Å²) in [5.41, 5.74) is 14.4. The lowest BCUT2D eigenvalue weighted by atomic mass is 9.82. The highest BCUT2D eigenvalue weighted by atomic mass is 15.3. The van der Waals surface area contributed by atoms with Crippen molar-refractivity contribution in [1.82, 2.24) is 15.0 Å². The predicted molar refractivity (Wildman–Crippen MR) is 217 cm³/mol. The Hall–Kier alpha value is -6.85. The smallest absolute Gasteiger partial charge is 0.164 e. The lowest BCUT2D eigenvalue weighted by Gasteiger charge is -2.42. The van der Waals surface area contributed by atoms with E-state index in [0.717, 1.165) is 50.8 Å². The molecule has 0 atom stereocenters. The van der Waals surface area contributed by atoms with Gasteiger partial charge in [0.15, 0.2) is 17.5 Å². The van der Waals surface area contributed by atoms with Crippen molar-refractivity contribution in [3.63, 3.8) is 0 Å². The molecule has 5 heteroatoms. The standard InChI is InChI=1S/C48H35N5/c1-48(2)38-26-16-15-25-37(38)43-39(48)28-30-41-44(43)53(36-23-13-6-14-24-36)42-31-34(27-29-40(42)52(41)35-21-11-5-12-22-35)47-50-45(32-17-7-3-8-18-32)49-46(51-47)33-19-9-4-10-20-33/h3-31H,1-2H3. The second kappa shape index (κ2) is 12.1. The van der Waals surface area contributed by atoms with E-state index in [1.807, 2.05) is 60.7 Å². The highest BCUT2D eigenvalue weighted by Gasteiger charge is 2.42. The fraction of sp³-hybridized carbons (Fsp3) is 0.0625. The molecule has 0 N–H and O–H groups in total. The summed E-state index contributed by atoms with van der Waals surface area (Å²) in [7, 11) is 0. The molecule has 0 bridgehead atoms. The third-order valence-corrected chi connectivity index (χ3v) is 10.6. The number of anilines is 6. The first kappa shape index (κ1) is 30.9. The summed E-state index contributed by atoms with van der Waals surface area (Å²) in [6.45, 7) is 4.69. The molecule has 1 aliphatic carbocycles. The van der Waals surface area contributed by atoms with Crippen molar-refractivity contribution < 1.29 is 0 Å². The van der Waals surface area contributed by atoms with Gasteiger partial charge in [-0.2, -0.15) is 0 Å². The molecule has 0 unspecified atom stereocenters. The van der Waals surface area contributed by atoms with Gasteiger partial charge in [0.05, 0.1) is 22.7 Å². The molecule has 53 heavy (non-hydrogen) atoms. The number of hydrogen-bond acceptors (Lipinski definition) is 5. The zero-order valence-electron chi connectivity index (χ0n) is 29.5. The first-order valence-corrected chi connectivity index (χ1v) is 18.1. The van der Waals surface area contributed by atoms with E-state index in [9.17, 15) is 0 Å². The van der Waals surface area contributed by atoms with Crippen LogP contribution in [0.3, 0.4) is 0 Å². The molecule has 1 aromatic heterocycles. The summed E-state index contributed by atoms with van der Waals surface area (Å²) in [5.74, 6) is 1.90. The molecule has 2 aliphatic rings. The minimum Gasteiger partial charge on any atom is -0.306 e. The van der Waals surface area contributed by atoms with Crippen LogP contribution in [0.1, 0.15) is 25.0 Å². The van der Waals surface area contributed by atoms with Gasteiger partial charge in [0.1, 0.15) is 0 Å². The van der Waals surface area contributed by atoms with Crippen molar-refractivity contribution in [2.45, 2.75) is 19.3 Å². The zero-order valence-corrected chi connectivity index (χ0v) is 29.5. The molecule has 10 rings (SSSR count). The molecule has 0 spiro atoms. The maximum Gasteiger partial charge on any atom is 0.164 e. The van der Waals surface area contributed by atoms with Gasteiger partial charge in [-0.1, -0.05) is 141 Å². The van der Waals surface area contributed by atoms with Crippen LogP contribution >= 0.6 is 0 Å². The Morgan fingerprint density at radius 1 is 0.396 bits per heavy atom. The summed E-state index contributed by atoms with van der Waals surface area (Å²) in [6, 6.07) is 61.9. The molecule has 2 heterocycles. The van der Waals surface area contributed by atoms with E-state index in [2.05, 4.69) is 139 Å². The van der Waals surface area contributed by atoms with Crippen molar-refractivity contribution in [2.24, 2.45) is 0 Å². The molecule has 0 saturated carbocycles. The van der Waals surface area contributed by atoms with E-state index < -0.39 is 0 Å². The van der Waals surface area contributed by atoms with Gasteiger partial charge in [0.2, 0.25) is 0 Å². The van der Waals surface area contributed by atoms with Crippen LogP contribution in [0.2, 0.25) is 0 Å². The van der Waals surface area contributed by atoms with Gasteiger partial charge in [-0.05, 0) is 65.2 Å². The Bertz CT molecular complexity index is 2580. The van der Waals surface area contributed by atoms with Crippen LogP contribution in [0, 0.1) is 0 Å². The maximum atomic E-state index is 5.12. The summed E-state index contributed by atoms with van der Waals surface area (Å²) < 4.78 is 0. The molecular formula is C48H35N5. The minimum absolute atomic E-state index is 0.157. The van der Waals surface area contributed by atoms with Crippen molar-refractivity contribution in [1.29, 1.82) is 0 Å². The number of fused-ring (bicyclic) bond motifs is 6. The molecule has 0 fully saturated rings. The Morgan fingerprint density at radius 2 is 0.887 bits per heavy atom. The van der Waals surface area contributed by atoms with Crippen LogP contribution in [-0.4, -0.2) is 15.0 Å². The van der Waals surface area contributed by atoms with Crippen LogP contribution in [0.5, 0.6) is 0 Å². The van der Waals surface area contributed by atoms with E-state index in [1.165, 1.54) is 22.3 Å². The molecule has 7 aromatic carbocycles. The first-order chi connectivity index (χ1) is 26.1. The largest absolute Gasteiger partial charge is 0.306 e. The lowest BCUT2D eigenvalue weighted by molar-refractivity contribution is 0.660. The van der Waals surface area contributed by atoms with Gasteiger partial charge in [-0.15, -0.1) is 0 Å². The van der Waals surface area contributed by atoms with E-state index in [-0.39, 0.29) is 5.41 Å². The molecule has 5 nitrogen and oxygen atoms in total.